The van der Waals surface area contributed by atoms with Crippen LogP contribution in [0, 0.1) is 0 Å². The van der Waals surface area contributed by atoms with Crippen LogP contribution in [0.1, 0.15) is 39.2 Å². The molecule has 2 heterocycles. The van der Waals surface area contributed by atoms with Crippen LogP contribution in [0.25, 0.3) is 0 Å². The smallest absolute Gasteiger partial charge is 0.410 e. The van der Waals surface area contributed by atoms with E-state index in [1.807, 2.05) is 32.9 Å². The molecule has 1 saturated heterocycles. The number of carbonyl (C=O) groups is 2. The van der Waals surface area contributed by atoms with E-state index >= 15 is 0 Å². The molecule has 1 aromatic rings. The summed E-state index contributed by atoms with van der Waals surface area (Å²) in [6.45, 7) is 6.59. The first kappa shape index (κ1) is 16.1. The first-order valence-corrected chi connectivity index (χ1v) is 8.14. The highest BCUT2D eigenvalue weighted by atomic mass is 35.5. The van der Waals surface area contributed by atoms with E-state index in [0.29, 0.717) is 24.5 Å². The van der Waals surface area contributed by atoms with Gasteiger partial charge in [-0.05, 0) is 51.0 Å². The largest absolute Gasteiger partial charge is 0.444 e. The SMILES string of the molecule is CC(C)(C)OC(=O)N1CCC2(CC(=O)Nc3ccc(Cl)cc32)C1. The first-order valence-electron chi connectivity index (χ1n) is 7.76. The molecule has 1 fully saturated rings. The minimum atomic E-state index is -0.530. The number of nitrogens with one attached hydrogen (secondary N) is 1. The highest BCUT2D eigenvalue weighted by Gasteiger charge is 2.47. The maximum absolute atomic E-state index is 12.3. The number of halogens is 1. The molecule has 5 nitrogen and oxygen atoms in total. The molecule has 1 aromatic carbocycles. The van der Waals surface area contributed by atoms with Gasteiger partial charge in [-0.1, -0.05) is 11.6 Å². The Hall–Kier alpha value is -1.75. The third kappa shape index (κ3) is 3.15. The molecule has 0 radical (unpaired) electrons. The van der Waals surface area contributed by atoms with Crippen molar-refractivity contribution in [3.63, 3.8) is 0 Å². The number of likely N-dealkylation sites (tertiary alicyclic amines) is 1. The molecule has 1 N–H and O–H groups in total. The Morgan fingerprint density at radius 2 is 2.13 bits per heavy atom. The van der Waals surface area contributed by atoms with Crippen LogP contribution in [0.2, 0.25) is 5.02 Å². The second kappa shape index (κ2) is 5.41. The van der Waals surface area contributed by atoms with Gasteiger partial charge in [0.15, 0.2) is 0 Å². The summed E-state index contributed by atoms with van der Waals surface area (Å²) in [6.07, 6.45) is 0.760. The van der Waals surface area contributed by atoms with Crippen molar-refractivity contribution in [2.45, 2.75) is 44.6 Å². The van der Waals surface area contributed by atoms with Crippen LogP contribution in [0.15, 0.2) is 18.2 Å². The van der Waals surface area contributed by atoms with E-state index in [1.54, 1.807) is 11.0 Å². The van der Waals surface area contributed by atoms with Gasteiger partial charge >= 0.3 is 6.09 Å². The number of hydrogen-bond acceptors (Lipinski definition) is 3. The molecule has 0 aromatic heterocycles. The van der Waals surface area contributed by atoms with Crippen LogP contribution in [-0.4, -0.2) is 35.6 Å². The molecule has 2 aliphatic heterocycles. The van der Waals surface area contributed by atoms with Crippen LogP contribution in [0.5, 0.6) is 0 Å². The van der Waals surface area contributed by atoms with Crippen LogP contribution < -0.4 is 5.32 Å². The van der Waals surface area contributed by atoms with Gasteiger partial charge in [-0.15, -0.1) is 0 Å². The number of rotatable bonds is 0. The lowest BCUT2D eigenvalue weighted by Crippen LogP contribution is -2.42. The molecular weight excluding hydrogens is 316 g/mol. The minimum absolute atomic E-state index is 0.0224. The lowest BCUT2D eigenvalue weighted by atomic mass is 9.74. The van der Waals surface area contributed by atoms with Crippen LogP contribution in [-0.2, 0) is 14.9 Å². The van der Waals surface area contributed by atoms with Crippen molar-refractivity contribution in [3.8, 4) is 0 Å². The van der Waals surface area contributed by atoms with Gasteiger partial charge < -0.3 is 15.0 Å². The number of benzene rings is 1. The first-order chi connectivity index (χ1) is 10.7. The number of hydrogen-bond donors (Lipinski definition) is 1. The number of amides is 2. The number of fused-ring (bicyclic) bond motifs is 2. The van der Waals surface area contributed by atoms with Crippen LogP contribution >= 0.6 is 11.6 Å². The Morgan fingerprint density at radius 3 is 2.83 bits per heavy atom. The quantitative estimate of drug-likeness (QED) is 0.788. The number of nitrogens with zero attached hydrogens (tertiary/aromatic N) is 1. The predicted molar refractivity (Wildman–Crippen MR) is 88.8 cm³/mol. The van der Waals surface area contributed by atoms with E-state index in [-0.39, 0.29) is 17.4 Å². The zero-order valence-corrected chi connectivity index (χ0v) is 14.4. The molecular formula is C17H21ClN2O3. The lowest BCUT2D eigenvalue weighted by Gasteiger charge is -2.35. The Labute approximate surface area is 140 Å². The molecule has 0 aliphatic carbocycles. The van der Waals surface area contributed by atoms with Crippen LogP contribution in [0.4, 0.5) is 10.5 Å². The molecule has 1 unspecified atom stereocenters. The normalized spacial score (nSPS) is 23.7. The summed E-state index contributed by atoms with van der Waals surface area (Å²) in [5, 5.41) is 3.52. The fourth-order valence-electron chi connectivity index (χ4n) is 3.38. The number of ether oxygens (including phenoxy) is 1. The van der Waals surface area contributed by atoms with E-state index in [4.69, 9.17) is 16.3 Å². The van der Waals surface area contributed by atoms with Gasteiger partial charge in [0.25, 0.3) is 0 Å². The summed E-state index contributed by atoms with van der Waals surface area (Å²) >= 11 is 6.14. The second-order valence-electron chi connectivity index (χ2n) is 7.35. The van der Waals surface area contributed by atoms with E-state index < -0.39 is 5.60 Å². The van der Waals surface area contributed by atoms with Gasteiger partial charge in [0.05, 0.1) is 0 Å². The Bertz CT molecular complexity index is 668. The topological polar surface area (TPSA) is 58.6 Å². The van der Waals surface area contributed by atoms with Crippen molar-refractivity contribution in [1.29, 1.82) is 0 Å². The van der Waals surface area contributed by atoms with Gasteiger partial charge in [-0.2, -0.15) is 0 Å². The molecule has 3 rings (SSSR count). The average molecular weight is 337 g/mol. The zero-order chi connectivity index (χ0) is 16.8. The van der Waals surface area contributed by atoms with E-state index in [9.17, 15) is 9.59 Å². The summed E-state index contributed by atoms with van der Waals surface area (Å²) in [5.41, 5.74) is 0.893. The lowest BCUT2D eigenvalue weighted by molar-refractivity contribution is -0.117. The van der Waals surface area contributed by atoms with Crippen molar-refractivity contribution in [2.75, 3.05) is 18.4 Å². The molecule has 2 amide bonds. The van der Waals surface area contributed by atoms with Crippen molar-refractivity contribution >= 4 is 29.3 Å². The van der Waals surface area contributed by atoms with Crippen molar-refractivity contribution in [1.82, 2.24) is 4.90 Å². The molecule has 0 bridgehead atoms. The molecule has 1 spiro atoms. The maximum Gasteiger partial charge on any atom is 0.410 e. The fourth-order valence-corrected chi connectivity index (χ4v) is 3.55. The van der Waals surface area contributed by atoms with E-state index in [1.165, 1.54) is 0 Å². The second-order valence-corrected chi connectivity index (χ2v) is 7.78. The molecule has 124 valence electrons. The van der Waals surface area contributed by atoms with Crippen molar-refractivity contribution in [2.24, 2.45) is 0 Å². The number of carbonyl (C=O) groups excluding carboxylic acids is 2. The molecule has 0 saturated carbocycles. The van der Waals surface area contributed by atoms with Gasteiger partial charge in [0.2, 0.25) is 5.91 Å². The summed E-state index contributed by atoms with van der Waals surface area (Å²) in [5.74, 6) is -0.0224. The van der Waals surface area contributed by atoms with E-state index in [2.05, 4.69) is 5.32 Å². The van der Waals surface area contributed by atoms with E-state index in [0.717, 1.165) is 17.7 Å². The highest BCUT2D eigenvalue weighted by Crippen LogP contribution is 2.45. The molecule has 6 heteroatoms. The highest BCUT2D eigenvalue weighted by molar-refractivity contribution is 6.30. The summed E-state index contributed by atoms with van der Waals surface area (Å²) in [7, 11) is 0. The van der Waals surface area contributed by atoms with Crippen molar-refractivity contribution in [3.05, 3.63) is 28.8 Å². The van der Waals surface area contributed by atoms with Gasteiger partial charge in [0, 0.05) is 35.6 Å². The zero-order valence-electron chi connectivity index (χ0n) is 13.6. The Kier molecular flexibility index (Phi) is 3.79. The number of anilines is 1. The van der Waals surface area contributed by atoms with Crippen LogP contribution in [0.3, 0.4) is 0 Å². The standard InChI is InChI=1S/C17H21ClN2O3/c1-16(2,3)23-15(22)20-7-6-17(10-20)9-14(21)19-13-5-4-11(18)8-12(13)17/h4-5,8H,6-7,9-10H2,1-3H3,(H,19,21). The van der Waals surface area contributed by atoms with Crippen molar-refractivity contribution < 1.29 is 14.3 Å². The summed E-state index contributed by atoms with van der Waals surface area (Å²) in [6, 6.07) is 5.49. The maximum atomic E-state index is 12.3. The van der Waals surface area contributed by atoms with Gasteiger partial charge in [0.1, 0.15) is 5.60 Å². The fraction of sp³-hybridized carbons (Fsp3) is 0.529. The molecule has 1 atom stereocenters. The monoisotopic (exact) mass is 336 g/mol. The van der Waals surface area contributed by atoms with Gasteiger partial charge in [-0.25, -0.2) is 4.79 Å². The predicted octanol–water partition coefficient (Wildman–Crippen LogP) is 3.56. The third-order valence-corrected chi connectivity index (χ3v) is 4.57. The summed E-state index contributed by atoms with van der Waals surface area (Å²) < 4.78 is 5.45. The minimum Gasteiger partial charge on any atom is -0.444 e. The molecule has 23 heavy (non-hydrogen) atoms. The summed E-state index contributed by atoms with van der Waals surface area (Å²) in [4.78, 5) is 26.1. The van der Waals surface area contributed by atoms with Gasteiger partial charge in [-0.3, -0.25) is 4.79 Å². The average Bonchev–Trinajstić information content (AvgIpc) is 2.83. The Balaban J connectivity index is 1.88. The third-order valence-electron chi connectivity index (χ3n) is 4.33. The molecule has 2 aliphatic rings. The Morgan fingerprint density at radius 1 is 1.39 bits per heavy atom.